The van der Waals surface area contributed by atoms with Crippen LogP contribution in [0.25, 0.3) is 5.57 Å². The molecule has 1 aliphatic heterocycles. The first-order valence-corrected chi connectivity index (χ1v) is 12.2. The Morgan fingerprint density at radius 2 is 2.00 bits per heavy atom. The van der Waals surface area contributed by atoms with E-state index in [2.05, 4.69) is 64.2 Å². The van der Waals surface area contributed by atoms with Gasteiger partial charge < -0.3 is 0 Å². The first-order valence-electron chi connectivity index (χ1n) is 9.69. The molecule has 0 saturated heterocycles. The van der Waals surface area contributed by atoms with Crippen molar-refractivity contribution in [2.75, 3.05) is 6.54 Å². The van der Waals surface area contributed by atoms with Crippen LogP contribution in [0.15, 0.2) is 24.3 Å². The van der Waals surface area contributed by atoms with Gasteiger partial charge in [0.2, 0.25) is 0 Å². The first kappa shape index (κ1) is 20.0. The molecule has 136 valence electrons. The van der Waals surface area contributed by atoms with Crippen molar-refractivity contribution in [1.29, 1.82) is 0 Å². The second-order valence-electron chi connectivity index (χ2n) is 7.24. The average molecular weight is 440 g/mol. The van der Waals surface area contributed by atoms with Crippen LogP contribution in [0.1, 0.15) is 70.1 Å². The summed E-state index contributed by atoms with van der Waals surface area (Å²) < 4.78 is 1.73. The minimum atomic E-state index is 0.224. The molecule has 2 heteroatoms. The number of halogens is 1. The second kappa shape index (κ2) is 9.96. The van der Waals surface area contributed by atoms with E-state index < -0.39 is 0 Å². The van der Waals surface area contributed by atoms with E-state index in [-0.39, 0.29) is 21.2 Å². The van der Waals surface area contributed by atoms with E-state index in [9.17, 15) is 0 Å². The molecule has 1 aliphatic rings. The van der Waals surface area contributed by atoms with Gasteiger partial charge in [0.1, 0.15) is 0 Å². The molecule has 1 nitrogen and oxygen atoms in total. The van der Waals surface area contributed by atoms with E-state index in [1.54, 1.807) is 5.57 Å². The fourth-order valence-corrected chi connectivity index (χ4v) is 7.40. The number of benzene rings is 1. The van der Waals surface area contributed by atoms with Crippen LogP contribution in [0.5, 0.6) is 0 Å². The van der Waals surface area contributed by atoms with Gasteiger partial charge in [0.05, 0.1) is 0 Å². The summed E-state index contributed by atoms with van der Waals surface area (Å²) in [4.78, 5) is 0. The van der Waals surface area contributed by atoms with Gasteiger partial charge in [-0.05, 0) is 0 Å². The molecule has 2 unspecified atom stereocenters. The van der Waals surface area contributed by atoms with Crippen LogP contribution in [0.4, 0.5) is 0 Å². The predicted molar refractivity (Wildman–Crippen MR) is 103 cm³/mol. The van der Waals surface area contributed by atoms with Gasteiger partial charge in [0.15, 0.2) is 0 Å². The fraction of sp³-hybridized carbons (Fsp3) is 0.636. The summed E-state index contributed by atoms with van der Waals surface area (Å²) in [7, 11) is 0. The van der Waals surface area contributed by atoms with Gasteiger partial charge in [0.25, 0.3) is 0 Å². The molecule has 24 heavy (non-hydrogen) atoms. The minimum absolute atomic E-state index is 0.224. The molecule has 1 aromatic rings. The molecule has 1 aromatic carbocycles. The van der Waals surface area contributed by atoms with E-state index in [0.29, 0.717) is 6.04 Å². The van der Waals surface area contributed by atoms with Gasteiger partial charge in [0, 0.05) is 0 Å². The predicted octanol–water partition coefficient (Wildman–Crippen LogP) is 2.36. The van der Waals surface area contributed by atoms with Crippen molar-refractivity contribution in [1.82, 2.24) is 5.32 Å². The molecule has 2 rings (SSSR count). The third-order valence-electron chi connectivity index (χ3n) is 4.93. The van der Waals surface area contributed by atoms with Crippen molar-refractivity contribution < 1.29 is 21.2 Å². The van der Waals surface area contributed by atoms with Crippen molar-refractivity contribution in [3.63, 3.8) is 0 Å². The zero-order chi connectivity index (χ0) is 17.5. The van der Waals surface area contributed by atoms with Gasteiger partial charge in [-0.3, -0.25) is 0 Å². The number of rotatable bonds is 4. The van der Waals surface area contributed by atoms with E-state index >= 15 is 0 Å². The molecule has 0 aromatic heterocycles. The summed E-state index contributed by atoms with van der Waals surface area (Å²) in [6, 6.07) is 7.76. The Morgan fingerprint density at radius 1 is 1.21 bits per heavy atom. The second-order valence-corrected chi connectivity index (χ2v) is 11.7. The van der Waals surface area contributed by atoms with Gasteiger partial charge in [-0.25, -0.2) is 0 Å². The Labute approximate surface area is 160 Å². The van der Waals surface area contributed by atoms with Gasteiger partial charge in [-0.1, -0.05) is 0 Å². The normalized spacial score (nSPS) is 28.5. The Hall–Kier alpha value is -0.350. The molecule has 0 radical (unpaired) electrons. The average Bonchev–Trinajstić information content (AvgIpc) is 2.55. The summed E-state index contributed by atoms with van der Waals surface area (Å²) in [6.07, 6.45) is 8.90. The molecule has 3 atom stereocenters. The van der Waals surface area contributed by atoms with Crippen molar-refractivity contribution in [3.05, 3.63) is 41.0 Å². The Bertz CT molecular complexity index is 549. The van der Waals surface area contributed by atoms with Crippen LogP contribution in [0.2, 0.25) is 0 Å². The monoisotopic (exact) mass is 440 g/mol. The first-order chi connectivity index (χ1) is 11.5. The quantitative estimate of drug-likeness (QED) is 0.560. The molecule has 0 fully saturated rings. The summed E-state index contributed by atoms with van der Waals surface area (Å²) in [5, 5.41) is 3.77. The number of hydrogen-bond acceptors (Lipinski definition) is 1. The topological polar surface area (TPSA) is 12.0 Å². The van der Waals surface area contributed by atoms with E-state index in [4.69, 9.17) is 0 Å². The molecule has 0 aliphatic carbocycles. The van der Waals surface area contributed by atoms with Crippen LogP contribution in [0, 0.1) is 6.92 Å². The zero-order valence-electron chi connectivity index (χ0n) is 16.2. The standard InChI is InChI=1S/C22H35IN/c1-6-8-19-10-9-16(3)22(15-19)20-11-12-24-18(5)14-21(7-2)23-17(4)13-20/h9-10,13,15,17-18,21,24H,6-8,11-12,14H2,1-5H3/q-1/b20-13+/t17?,18-,21?/m1/s1. The van der Waals surface area contributed by atoms with Crippen LogP contribution in [-0.4, -0.2) is 20.4 Å². The van der Waals surface area contributed by atoms with E-state index in [1.165, 1.54) is 42.4 Å². The third-order valence-corrected chi connectivity index (χ3v) is 8.83. The van der Waals surface area contributed by atoms with Crippen LogP contribution in [-0.2, 0) is 6.42 Å². The van der Waals surface area contributed by atoms with E-state index in [1.807, 2.05) is 0 Å². The zero-order valence-corrected chi connectivity index (χ0v) is 18.3. The molecular weight excluding hydrogens is 405 g/mol. The van der Waals surface area contributed by atoms with Crippen molar-refractivity contribution in [2.45, 2.75) is 80.6 Å². The number of allylic oxidation sites excluding steroid dienone is 1. The molecule has 1 N–H and O–H groups in total. The molecule has 0 amide bonds. The molecule has 0 bridgehead atoms. The van der Waals surface area contributed by atoms with Crippen LogP contribution < -0.4 is 26.5 Å². The third kappa shape index (κ3) is 5.87. The molecule has 1 heterocycles. The number of hydrogen-bond donors (Lipinski definition) is 1. The summed E-state index contributed by atoms with van der Waals surface area (Å²) >= 11 is 0.224. The van der Waals surface area contributed by atoms with Crippen LogP contribution in [0.3, 0.4) is 0 Å². The molecule has 0 spiro atoms. The Balaban J connectivity index is 2.30. The summed E-state index contributed by atoms with van der Waals surface area (Å²) in [5.74, 6) is 0. The van der Waals surface area contributed by atoms with E-state index in [0.717, 1.165) is 20.8 Å². The van der Waals surface area contributed by atoms with Crippen molar-refractivity contribution >= 4 is 5.57 Å². The van der Waals surface area contributed by atoms with Gasteiger partial charge in [-0.2, -0.15) is 0 Å². The summed E-state index contributed by atoms with van der Waals surface area (Å²) in [6.45, 7) is 12.8. The molecule has 0 saturated carbocycles. The van der Waals surface area contributed by atoms with Crippen molar-refractivity contribution in [3.8, 4) is 0 Å². The number of aryl methyl sites for hydroxylation is 2. The SMILES string of the molecule is CCCc1ccc(C)c(/C2=C/C(C)[I-]C(CC)C[C@@H](C)NCC2)c1. The van der Waals surface area contributed by atoms with Gasteiger partial charge in [-0.15, -0.1) is 0 Å². The summed E-state index contributed by atoms with van der Waals surface area (Å²) in [5.41, 5.74) is 6.00. The maximum atomic E-state index is 3.77. The van der Waals surface area contributed by atoms with Gasteiger partial charge >= 0.3 is 160 Å². The number of alkyl halides is 2. The molecular formula is C22H35IN-. The Kier molecular flexibility index (Phi) is 8.29. The number of nitrogens with one attached hydrogen (secondary N) is 1. The fourth-order valence-electron chi connectivity index (χ4n) is 3.59. The van der Waals surface area contributed by atoms with Crippen molar-refractivity contribution in [2.24, 2.45) is 0 Å². The maximum absolute atomic E-state index is 3.77. The Morgan fingerprint density at radius 3 is 2.71 bits per heavy atom. The van der Waals surface area contributed by atoms with Crippen LogP contribution >= 0.6 is 0 Å².